The summed E-state index contributed by atoms with van der Waals surface area (Å²) in [6.07, 6.45) is 0.467. The maximum Gasteiger partial charge on any atom is 0.425 e. The van der Waals surface area contributed by atoms with Crippen molar-refractivity contribution < 1.29 is 46.8 Å². The summed E-state index contributed by atoms with van der Waals surface area (Å²) in [5.41, 5.74) is -0.200. The molecule has 240 valence electrons. The Morgan fingerprint density at radius 1 is 0.955 bits per heavy atom. The van der Waals surface area contributed by atoms with Gasteiger partial charge < -0.3 is 24.1 Å². The number of alkyl halides is 3. The van der Waals surface area contributed by atoms with Gasteiger partial charge in [-0.2, -0.15) is 13.2 Å². The Labute approximate surface area is 256 Å². The second-order valence-electron chi connectivity index (χ2n) is 10.6. The van der Waals surface area contributed by atoms with Gasteiger partial charge in [-0.1, -0.05) is 55.0 Å². The number of carbonyl (C=O) groups is 2. The lowest BCUT2D eigenvalue weighted by Crippen LogP contribution is -2.38. The molecule has 0 heterocycles. The molecular formula is C34H41F3O7. The zero-order valence-corrected chi connectivity index (χ0v) is 25.2. The highest BCUT2D eigenvalue weighted by molar-refractivity contribution is 5.97. The van der Waals surface area contributed by atoms with Crippen molar-refractivity contribution in [3.05, 3.63) is 83.4 Å². The van der Waals surface area contributed by atoms with Gasteiger partial charge in [0.1, 0.15) is 11.2 Å². The van der Waals surface area contributed by atoms with E-state index in [2.05, 4.69) is 0 Å². The van der Waals surface area contributed by atoms with Crippen molar-refractivity contribution in [3.63, 3.8) is 0 Å². The maximum atomic E-state index is 13.8. The second kappa shape index (κ2) is 17.0. The summed E-state index contributed by atoms with van der Waals surface area (Å²) in [5, 5.41) is 10.3. The first-order chi connectivity index (χ1) is 21.1. The van der Waals surface area contributed by atoms with E-state index in [-0.39, 0.29) is 24.0 Å². The van der Waals surface area contributed by atoms with Crippen LogP contribution >= 0.6 is 0 Å². The molecule has 0 saturated carbocycles. The molecule has 0 saturated heterocycles. The highest BCUT2D eigenvalue weighted by atomic mass is 19.4. The zero-order chi connectivity index (χ0) is 32.0. The van der Waals surface area contributed by atoms with E-state index in [0.717, 1.165) is 24.0 Å². The molecule has 2 aromatic rings. The number of aliphatic carboxylic acids is 1. The Morgan fingerprint density at radius 2 is 1.66 bits per heavy atom. The lowest BCUT2D eigenvalue weighted by atomic mass is 9.72. The minimum absolute atomic E-state index is 0.0151. The van der Waals surface area contributed by atoms with Crippen LogP contribution in [0.3, 0.4) is 0 Å². The molecule has 10 heteroatoms. The van der Waals surface area contributed by atoms with Gasteiger partial charge in [-0.3, -0.25) is 4.79 Å². The normalized spacial score (nSPS) is 17.2. The van der Waals surface area contributed by atoms with Crippen LogP contribution in [0.4, 0.5) is 13.2 Å². The molecule has 0 aliphatic heterocycles. The molecule has 0 bridgehead atoms. The summed E-state index contributed by atoms with van der Waals surface area (Å²) in [6.45, 7) is 4.07. The number of carboxylic acids is 1. The molecular weight excluding hydrogens is 577 g/mol. The highest BCUT2D eigenvalue weighted by Crippen LogP contribution is 2.39. The number of carbonyl (C=O) groups excluding carboxylic acids is 1. The minimum Gasteiger partial charge on any atom is -0.494 e. The summed E-state index contributed by atoms with van der Waals surface area (Å²) in [7, 11) is 1.66. The first-order valence-electron chi connectivity index (χ1n) is 14.9. The van der Waals surface area contributed by atoms with E-state index in [0.29, 0.717) is 45.0 Å². The number of halogens is 3. The molecule has 3 rings (SSSR count). The van der Waals surface area contributed by atoms with Crippen molar-refractivity contribution in [2.75, 3.05) is 33.5 Å². The molecule has 2 atom stereocenters. The van der Waals surface area contributed by atoms with Gasteiger partial charge in [-0.15, -0.1) is 0 Å². The molecule has 1 N–H and O–H groups in total. The number of unbranched alkanes of at least 4 members (excludes halogenated alkanes) is 3. The Hall–Kier alpha value is -3.63. The van der Waals surface area contributed by atoms with Gasteiger partial charge >= 0.3 is 18.1 Å². The number of benzene rings is 2. The molecule has 1 unspecified atom stereocenters. The van der Waals surface area contributed by atoms with E-state index in [1.807, 2.05) is 31.2 Å². The molecule has 0 radical (unpaired) electrons. The lowest BCUT2D eigenvalue weighted by Gasteiger charge is -2.30. The molecule has 2 aromatic carbocycles. The third-order valence-electron chi connectivity index (χ3n) is 7.47. The van der Waals surface area contributed by atoms with Crippen LogP contribution in [-0.4, -0.2) is 62.9 Å². The van der Waals surface area contributed by atoms with Crippen molar-refractivity contribution in [2.45, 2.75) is 69.6 Å². The predicted octanol–water partition coefficient (Wildman–Crippen LogP) is 7.54. The maximum absolute atomic E-state index is 13.8. The summed E-state index contributed by atoms with van der Waals surface area (Å²) < 4.78 is 62.4. The fraction of sp³-hybridized carbons (Fsp3) is 0.471. The Kier molecular flexibility index (Phi) is 13.5. The van der Waals surface area contributed by atoms with Crippen LogP contribution in [0.1, 0.15) is 73.4 Å². The van der Waals surface area contributed by atoms with E-state index in [1.54, 1.807) is 25.3 Å². The first-order valence-corrected chi connectivity index (χ1v) is 14.9. The molecule has 1 aliphatic rings. The molecule has 0 amide bonds. The Balaban J connectivity index is 1.74. The monoisotopic (exact) mass is 618 g/mol. The SMILES string of the molecule is CCOCCCCCC(OC(=O)c1ccccc1[C@]1(C(=O)O)C=CC(c2ccc(OCCCCOC)cc2)=CC1)C(F)(F)F. The molecule has 44 heavy (non-hydrogen) atoms. The van der Waals surface area contributed by atoms with Crippen molar-refractivity contribution in [1.29, 1.82) is 0 Å². The molecule has 0 spiro atoms. The minimum atomic E-state index is -4.76. The van der Waals surface area contributed by atoms with Crippen LogP contribution in [0, 0.1) is 0 Å². The van der Waals surface area contributed by atoms with Gasteiger partial charge in [0.15, 0.2) is 6.10 Å². The summed E-state index contributed by atoms with van der Waals surface area (Å²) >= 11 is 0. The van der Waals surface area contributed by atoms with Crippen LogP contribution in [0.2, 0.25) is 0 Å². The molecule has 0 aromatic heterocycles. The fourth-order valence-electron chi connectivity index (χ4n) is 5.00. The first kappa shape index (κ1) is 34.9. The number of rotatable bonds is 18. The number of hydrogen-bond donors (Lipinski definition) is 1. The smallest absolute Gasteiger partial charge is 0.425 e. The third kappa shape index (κ3) is 9.69. The van der Waals surface area contributed by atoms with Gasteiger partial charge in [-0.25, -0.2) is 4.79 Å². The Morgan fingerprint density at radius 3 is 2.30 bits per heavy atom. The van der Waals surface area contributed by atoms with E-state index in [1.165, 1.54) is 24.3 Å². The summed E-state index contributed by atoms with van der Waals surface area (Å²) in [4.78, 5) is 25.8. The lowest BCUT2D eigenvalue weighted by molar-refractivity contribution is -0.206. The fourth-order valence-corrected chi connectivity index (χ4v) is 5.00. The molecule has 1 aliphatic carbocycles. The predicted molar refractivity (Wildman–Crippen MR) is 161 cm³/mol. The van der Waals surface area contributed by atoms with Crippen molar-refractivity contribution in [2.24, 2.45) is 0 Å². The van der Waals surface area contributed by atoms with Crippen molar-refractivity contribution >= 4 is 17.5 Å². The number of methoxy groups -OCH3 is 1. The van der Waals surface area contributed by atoms with Gasteiger partial charge in [0.05, 0.1) is 12.2 Å². The van der Waals surface area contributed by atoms with Crippen molar-refractivity contribution in [3.8, 4) is 5.75 Å². The van der Waals surface area contributed by atoms with E-state index in [9.17, 15) is 27.9 Å². The van der Waals surface area contributed by atoms with E-state index < -0.39 is 36.1 Å². The standard InChI is InChI=1S/C34H41F3O7/c1-3-42-23-8-4-5-13-30(34(35,36)37)44-31(38)28-11-6-7-12-29(28)33(32(39)40)20-18-26(19-21-33)25-14-16-27(17-15-25)43-24-10-9-22-41-2/h6-7,11-12,14-20,30H,3-5,8-10,13,21-24H2,1-2H3,(H,39,40)/t30?,33-/m0/s1. The molecule has 7 nitrogen and oxygen atoms in total. The van der Waals surface area contributed by atoms with Crippen LogP contribution in [-0.2, 0) is 24.4 Å². The highest BCUT2D eigenvalue weighted by Gasteiger charge is 2.45. The van der Waals surface area contributed by atoms with Crippen LogP contribution < -0.4 is 4.74 Å². The van der Waals surface area contributed by atoms with Crippen LogP contribution in [0.25, 0.3) is 5.57 Å². The molecule has 0 fully saturated rings. The van der Waals surface area contributed by atoms with Crippen LogP contribution in [0.15, 0.2) is 66.8 Å². The quantitative estimate of drug-likeness (QED) is 0.136. The van der Waals surface area contributed by atoms with Crippen LogP contribution in [0.5, 0.6) is 5.75 Å². The van der Waals surface area contributed by atoms with Crippen molar-refractivity contribution in [1.82, 2.24) is 0 Å². The largest absolute Gasteiger partial charge is 0.494 e. The number of ether oxygens (including phenoxy) is 4. The average molecular weight is 619 g/mol. The number of carboxylic acid groups (broad SMARTS) is 1. The van der Waals surface area contributed by atoms with Gasteiger partial charge in [0, 0.05) is 26.9 Å². The van der Waals surface area contributed by atoms with Gasteiger partial charge in [0.2, 0.25) is 0 Å². The summed E-state index contributed by atoms with van der Waals surface area (Å²) in [5.74, 6) is -1.73. The van der Waals surface area contributed by atoms with E-state index >= 15 is 0 Å². The van der Waals surface area contributed by atoms with Gasteiger partial charge in [-0.05, 0) is 80.3 Å². The topological polar surface area (TPSA) is 91.3 Å². The third-order valence-corrected chi connectivity index (χ3v) is 7.47. The number of hydrogen-bond acceptors (Lipinski definition) is 6. The van der Waals surface area contributed by atoms with Gasteiger partial charge in [0.25, 0.3) is 0 Å². The summed E-state index contributed by atoms with van der Waals surface area (Å²) in [6, 6.07) is 13.2. The number of esters is 1. The second-order valence-corrected chi connectivity index (χ2v) is 10.6. The Bertz CT molecular complexity index is 1270. The van der Waals surface area contributed by atoms with E-state index in [4.69, 9.17) is 18.9 Å². The number of allylic oxidation sites excluding steroid dienone is 3. The average Bonchev–Trinajstić information content (AvgIpc) is 3.01. The zero-order valence-electron chi connectivity index (χ0n) is 25.2.